The third kappa shape index (κ3) is 4.64. The van der Waals surface area contributed by atoms with Crippen LogP contribution in [-0.4, -0.2) is 44.1 Å². The molecule has 1 heterocycles. The fourth-order valence-electron chi connectivity index (χ4n) is 2.32. The summed E-state index contributed by atoms with van der Waals surface area (Å²) >= 11 is 2.32. The van der Waals surface area contributed by atoms with Gasteiger partial charge in [-0.15, -0.1) is 24.0 Å². The summed E-state index contributed by atoms with van der Waals surface area (Å²) < 4.78 is 7.26. The summed E-state index contributed by atoms with van der Waals surface area (Å²) in [5, 5.41) is 3.13. The van der Waals surface area contributed by atoms with E-state index in [0.29, 0.717) is 6.10 Å². The third-order valence-electron chi connectivity index (χ3n) is 3.31. The Hall–Kier alpha value is -0.250. The van der Waals surface area contributed by atoms with Crippen LogP contribution in [0.2, 0.25) is 0 Å². The average molecular weight is 501 g/mol. The summed E-state index contributed by atoms with van der Waals surface area (Å²) in [5.41, 5.74) is 0. The fourth-order valence-corrected chi connectivity index (χ4v) is 2.83. The summed E-state index contributed by atoms with van der Waals surface area (Å²) in [6.07, 6.45) is 2.37. The monoisotopic (exact) mass is 501 g/mol. The number of benzene rings is 1. The number of guanidine groups is 1. The molecule has 0 saturated carbocycles. The lowest BCUT2D eigenvalue weighted by Crippen LogP contribution is -2.46. The lowest BCUT2D eigenvalue weighted by Gasteiger charge is -2.34. The van der Waals surface area contributed by atoms with Gasteiger partial charge < -0.3 is 15.0 Å². The minimum absolute atomic E-state index is 0. The Balaban J connectivity index is 0.00000200. The van der Waals surface area contributed by atoms with E-state index in [9.17, 15) is 0 Å². The number of halogens is 2. The molecular weight excluding hydrogens is 480 g/mol. The van der Waals surface area contributed by atoms with E-state index >= 15 is 0 Å². The second-order valence-electron chi connectivity index (χ2n) is 4.53. The van der Waals surface area contributed by atoms with Gasteiger partial charge in [-0.05, 0) is 34.7 Å². The Kier molecular flexibility index (Phi) is 7.93. The molecule has 1 aromatic carbocycles. The largest absolute Gasteiger partial charge is 0.489 e. The lowest BCUT2D eigenvalue weighted by atomic mass is 10.1. The predicted molar refractivity (Wildman–Crippen MR) is 102 cm³/mol. The van der Waals surface area contributed by atoms with Crippen molar-refractivity contribution in [1.29, 1.82) is 0 Å². The highest BCUT2D eigenvalue weighted by molar-refractivity contribution is 14.1. The van der Waals surface area contributed by atoms with Gasteiger partial charge in [0.05, 0.1) is 3.57 Å². The molecule has 0 bridgehead atoms. The van der Waals surface area contributed by atoms with Crippen molar-refractivity contribution in [2.45, 2.75) is 18.9 Å². The van der Waals surface area contributed by atoms with Gasteiger partial charge >= 0.3 is 0 Å². The van der Waals surface area contributed by atoms with Crippen LogP contribution in [-0.2, 0) is 0 Å². The number of nitrogens with zero attached hydrogens (tertiary/aromatic N) is 2. The molecule has 0 spiro atoms. The topological polar surface area (TPSA) is 36.9 Å². The van der Waals surface area contributed by atoms with Gasteiger partial charge in [-0.2, -0.15) is 0 Å². The number of hydrogen-bond acceptors (Lipinski definition) is 2. The zero-order valence-electron chi connectivity index (χ0n) is 11.8. The molecule has 1 aromatic rings. The van der Waals surface area contributed by atoms with E-state index in [4.69, 9.17) is 4.74 Å². The normalized spacial score (nSPS) is 16.6. The van der Waals surface area contributed by atoms with E-state index in [2.05, 4.69) is 43.9 Å². The number of aliphatic imine (C=N–C) groups is 1. The smallest absolute Gasteiger partial charge is 0.193 e. The van der Waals surface area contributed by atoms with Crippen LogP contribution in [0.4, 0.5) is 0 Å². The summed E-state index contributed by atoms with van der Waals surface area (Å²) in [6.45, 7) is 1.98. The van der Waals surface area contributed by atoms with Gasteiger partial charge in [0.1, 0.15) is 11.9 Å². The first-order valence-electron chi connectivity index (χ1n) is 6.55. The van der Waals surface area contributed by atoms with Crippen molar-refractivity contribution in [3.05, 3.63) is 27.8 Å². The number of rotatable bonds is 2. The highest BCUT2D eigenvalue weighted by atomic mass is 127. The standard InChI is InChI=1S/C14H20IN3O.HI/c1-16-14(17-2)18-9-7-11(8-10-18)19-13-6-4-3-5-12(13)15;/h3-6,11H,7-10H2,1-2H3,(H,16,17);1H. The summed E-state index contributed by atoms with van der Waals surface area (Å²) in [7, 11) is 3.73. The van der Waals surface area contributed by atoms with Gasteiger partial charge in [0.15, 0.2) is 5.96 Å². The molecule has 0 unspecified atom stereocenters. The molecule has 0 aromatic heterocycles. The zero-order valence-corrected chi connectivity index (χ0v) is 16.3. The van der Waals surface area contributed by atoms with Crippen LogP contribution in [0.25, 0.3) is 0 Å². The number of ether oxygens (including phenoxy) is 1. The van der Waals surface area contributed by atoms with Gasteiger partial charge in [-0.3, -0.25) is 4.99 Å². The van der Waals surface area contributed by atoms with E-state index in [-0.39, 0.29) is 24.0 Å². The van der Waals surface area contributed by atoms with Crippen molar-refractivity contribution in [3.8, 4) is 5.75 Å². The van der Waals surface area contributed by atoms with E-state index in [1.165, 1.54) is 3.57 Å². The molecular formula is C14H21I2N3O. The molecule has 0 amide bonds. The highest BCUT2D eigenvalue weighted by Gasteiger charge is 2.22. The van der Waals surface area contributed by atoms with Crippen molar-refractivity contribution in [2.24, 2.45) is 4.99 Å². The Morgan fingerprint density at radius 3 is 2.55 bits per heavy atom. The molecule has 20 heavy (non-hydrogen) atoms. The Bertz CT molecular complexity index is 446. The number of hydrogen-bond donors (Lipinski definition) is 1. The van der Waals surface area contributed by atoms with Gasteiger partial charge in [0, 0.05) is 40.0 Å². The molecule has 0 atom stereocenters. The molecule has 0 radical (unpaired) electrons. The second-order valence-corrected chi connectivity index (χ2v) is 5.69. The number of piperidine rings is 1. The third-order valence-corrected chi connectivity index (χ3v) is 4.20. The van der Waals surface area contributed by atoms with E-state index in [1.54, 1.807) is 0 Å². The van der Waals surface area contributed by atoms with Crippen LogP contribution in [0.3, 0.4) is 0 Å². The van der Waals surface area contributed by atoms with Crippen LogP contribution in [0.1, 0.15) is 12.8 Å². The van der Waals surface area contributed by atoms with Crippen LogP contribution in [0, 0.1) is 3.57 Å². The first-order chi connectivity index (χ1) is 9.24. The maximum Gasteiger partial charge on any atom is 0.193 e. The van der Waals surface area contributed by atoms with Crippen molar-refractivity contribution >= 4 is 52.5 Å². The number of nitrogens with one attached hydrogen (secondary N) is 1. The number of para-hydroxylation sites is 1. The highest BCUT2D eigenvalue weighted by Crippen LogP contribution is 2.24. The Morgan fingerprint density at radius 2 is 2.00 bits per heavy atom. The molecule has 2 rings (SSSR count). The lowest BCUT2D eigenvalue weighted by molar-refractivity contribution is 0.129. The van der Waals surface area contributed by atoms with Crippen LogP contribution in [0.15, 0.2) is 29.3 Å². The zero-order chi connectivity index (χ0) is 13.7. The first-order valence-corrected chi connectivity index (χ1v) is 7.63. The average Bonchev–Trinajstić information content (AvgIpc) is 2.44. The Morgan fingerprint density at radius 1 is 1.35 bits per heavy atom. The minimum atomic E-state index is 0. The van der Waals surface area contributed by atoms with Crippen molar-refractivity contribution in [2.75, 3.05) is 27.2 Å². The van der Waals surface area contributed by atoms with Crippen molar-refractivity contribution < 1.29 is 4.74 Å². The van der Waals surface area contributed by atoms with E-state index in [0.717, 1.165) is 37.6 Å². The predicted octanol–water partition coefficient (Wildman–Crippen LogP) is 2.96. The van der Waals surface area contributed by atoms with E-state index < -0.39 is 0 Å². The molecule has 1 aliphatic rings. The molecule has 1 saturated heterocycles. The quantitative estimate of drug-likeness (QED) is 0.385. The number of likely N-dealkylation sites (tertiary alicyclic amines) is 1. The maximum absolute atomic E-state index is 6.09. The summed E-state index contributed by atoms with van der Waals surface area (Å²) in [6, 6.07) is 8.18. The molecule has 1 fully saturated rings. The van der Waals surface area contributed by atoms with Crippen LogP contribution < -0.4 is 10.1 Å². The molecule has 4 nitrogen and oxygen atoms in total. The van der Waals surface area contributed by atoms with Crippen molar-refractivity contribution in [1.82, 2.24) is 10.2 Å². The van der Waals surface area contributed by atoms with Gasteiger partial charge in [-0.1, -0.05) is 12.1 Å². The maximum atomic E-state index is 6.09. The Labute approximate surface area is 151 Å². The molecule has 1 aliphatic heterocycles. The molecule has 1 N–H and O–H groups in total. The van der Waals surface area contributed by atoms with Gasteiger partial charge in [0.2, 0.25) is 0 Å². The van der Waals surface area contributed by atoms with E-state index in [1.807, 2.05) is 32.3 Å². The SMILES string of the molecule is CN=C(NC)N1CCC(Oc2ccccc2I)CC1.I. The summed E-state index contributed by atoms with van der Waals surface area (Å²) in [5.74, 6) is 1.97. The molecule has 0 aliphatic carbocycles. The van der Waals surface area contributed by atoms with Crippen LogP contribution >= 0.6 is 46.6 Å². The minimum Gasteiger partial charge on any atom is -0.489 e. The van der Waals surface area contributed by atoms with Crippen molar-refractivity contribution in [3.63, 3.8) is 0 Å². The van der Waals surface area contributed by atoms with Gasteiger partial charge in [-0.25, -0.2) is 0 Å². The van der Waals surface area contributed by atoms with Gasteiger partial charge in [0.25, 0.3) is 0 Å². The first kappa shape index (κ1) is 17.8. The molecule has 6 heteroatoms. The molecule has 112 valence electrons. The van der Waals surface area contributed by atoms with Crippen LogP contribution in [0.5, 0.6) is 5.75 Å². The second kappa shape index (κ2) is 8.91. The summed E-state index contributed by atoms with van der Waals surface area (Å²) in [4.78, 5) is 6.52. The fraction of sp³-hybridized carbons (Fsp3) is 0.500.